The molecule has 0 bridgehead atoms. The van der Waals surface area contributed by atoms with Gasteiger partial charge in [-0.3, -0.25) is 4.79 Å². The fourth-order valence-electron chi connectivity index (χ4n) is 3.53. The molecule has 0 aromatic rings. The molecule has 34 heavy (non-hydrogen) atoms. The van der Waals surface area contributed by atoms with E-state index in [0.29, 0.717) is 38.5 Å². The van der Waals surface area contributed by atoms with Crippen molar-refractivity contribution in [2.45, 2.75) is 88.5 Å². The highest BCUT2D eigenvalue weighted by molar-refractivity contribution is 8.33. The number of rotatable bonds is 14. The van der Waals surface area contributed by atoms with Gasteiger partial charge in [-0.1, -0.05) is 39.5 Å². The van der Waals surface area contributed by atoms with E-state index in [9.17, 15) is 52.7 Å². The molecular formula is C19H29F9O4S2. The molecular weight excluding hydrogens is 527 g/mol. The second kappa shape index (κ2) is 11.1. The van der Waals surface area contributed by atoms with Crippen molar-refractivity contribution in [1.29, 1.82) is 0 Å². The zero-order chi connectivity index (χ0) is 26.6. The van der Waals surface area contributed by atoms with Crippen LogP contribution in [0.5, 0.6) is 0 Å². The molecule has 0 unspecified atom stereocenters. The Morgan fingerprint density at radius 1 is 0.824 bits per heavy atom. The fraction of sp³-hybridized carbons (Fsp3) is 0.947. The lowest BCUT2D eigenvalue weighted by Gasteiger charge is -2.41. The first-order chi connectivity index (χ1) is 15.3. The zero-order valence-electron chi connectivity index (χ0n) is 18.7. The molecule has 0 aromatic carbocycles. The summed E-state index contributed by atoms with van der Waals surface area (Å²) in [6.07, 6.45) is -3.88. The molecule has 4 nitrogen and oxygen atoms in total. The third-order valence-electron chi connectivity index (χ3n) is 5.62. The predicted octanol–water partition coefficient (Wildman–Crippen LogP) is 6.84. The van der Waals surface area contributed by atoms with Gasteiger partial charge in [-0.25, -0.2) is 3.63 Å². The van der Waals surface area contributed by atoms with Crippen molar-refractivity contribution in [3.8, 4) is 0 Å². The summed E-state index contributed by atoms with van der Waals surface area (Å²) >= 11 is 0. The summed E-state index contributed by atoms with van der Waals surface area (Å²) in [5, 5.41) is -6.92. The maximum absolute atomic E-state index is 14.3. The Bertz CT molecular complexity index is 784. The lowest BCUT2D eigenvalue weighted by molar-refractivity contribution is -0.382. The number of Topliss-reactive ketones (excluding diaryl/α,β-unsaturated/α-hetero) is 1. The first kappa shape index (κ1) is 31.3. The van der Waals surface area contributed by atoms with Gasteiger partial charge in [0.15, 0.2) is 0 Å². The van der Waals surface area contributed by atoms with Gasteiger partial charge in [-0.2, -0.15) is 47.9 Å². The first-order valence-corrected chi connectivity index (χ1v) is 14.2. The molecule has 0 N–H and O–H groups in total. The summed E-state index contributed by atoms with van der Waals surface area (Å²) in [5.74, 6) is -17.0. The van der Waals surface area contributed by atoms with Gasteiger partial charge in [0, 0.05) is 17.4 Å². The smallest absolute Gasteiger partial charge is 0.298 e. The third kappa shape index (κ3) is 6.34. The second-order valence-electron chi connectivity index (χ2n) is 8.36. The summed E-state index contributed by atoms with van der Waals surface area (Å²) in [6, 6.07) is 0. The highest BCUT2D eigenvalue weighted by Gasteiger charge is 2.86. The molecule has 1 fully saturated rings. The fourth-order valence-corrected chi connectivity index (χ4v) is 9.45. The van der Waals surface area contributed by atoms with Crippen molar-refractivity contribution in [3.05, 3.63) is 0 Å². The van der Waals surface area contributed by atoms with Gasteiger partial charge in [0.25, 0.3) is 0 Å². The van der Waals surface area contributed by atoms with Crippen LogP contribution in [0.2, 0.25) is 0 Å². The molecule has 1 saturated carbocycles. The van der Waals surface area contributed by atoms with Crippen molar-refractivity contribution in [2.24, 2.45) is 5.92 Å². The van der Waals surface area contributed by atoms with Crippen LogP contribution >= 0.6 is 10.3 Å². The minimum Gasteiger partial charge on any atom is -0.298 e. The number of halogens is 9. The monoisotopic (exact) mass is 556 g/mol. The standard InChI is InChI=1S/C19H29F9O4S2/c1-3-5-11-33(12-6-4-2,13-15(29)14-9-7-8-10-14)32-34(30,31)19(27,28)17(22,23)16(20,21)18(24,25)26/h14H,3-13H2,1-2H3. The molecule has 15 heteroatoms. The average molecular weight is 557 g/mol. The maximum Gasteiger partial charge on any atom is 0.460 e. The van der Waals surface area contributed by atoms with Crippen LogP contribution in [0.15, 0.2) is 0 Å². The van der Waals surface area contributed by atoms with Crippen LogP contribution in [0.25, 0.3) is 0 Å². The van der Waals surface area contributed by atoms with Crippen LogP contribution in [-0.2, 0) is 18.5 Å². The molecule has 0 aromatic heterocycles. The molecule has 0 heterocycles. The summed E-state index contributed by atoms with van der Waals surface area (Å²) in [4.78, 5) is 12.8. The number of unbranched alkanes of at least 4 members (excludes halogenated alkanes) is 2. The molecule has 1 aliphatic carbocycles. The number of carbonyl (C=O) groups is 1. The Morgan fingerprint density at radius 3 is 1.65 bits per heavy atom. The minimum absolute atomic E-state index is 0.132. The van der Waals surface area contributed by atoms with E-state index in [1.54, 1.807) is 13.8 Å². The van der Waals surface area contributed by atoms with Crippen LogP contribution in [-0.4, -0.2) is 54.7 Å². The van der Waals surface area contributed by atoms with E-state index in [-0.39, 0.29) is 24.3 Å². The Labute approximate surface area is 194 Å². The van der Waals surface area contributed by atoms with Gasteiger partial charge in [0.05, 0.1) is 5.75 Å². The summed E-state index contributed by atoms with van der Waals surface area (Å²) in [6.45, 7) is 3.26. The first-order valence-electron chi connectivity index (χ1n) is 10.8. The number of ketones is 1. The maximum atomic E-state index is 14.3. The average Bonchev–Trinajstić information content (AvgIpc) is 3.24. The van der Waals surface area contributed by atoms with Gasteiger partial charge in [0.1, 0.15) is 5.78 Å². The van der Waals surface area contributed by atoms with E-state index in [0.717, 1.165) is 0 Å². The minimum atomic E-state index is -7.37. The van der Waals surface area contributed by atoms with Crippen LogP contribution < -0.4 is 0 Å². The Morgan fingerprint density at radius 2 is 1.26 bits per heavy atom. The van der Waals surface area contributed by atoms with Crippen molar-refractivity contribution in [1.82, 2.24) is 0 Å². The van der Waals surface area contributed by atoms with Gasteiger partial charge in [-0.15, -0.1) is 10.3 Å². The number of hydrogen-bond acceptors (Lipinski definition) is 4. The van der Waals surface area contributed by atoms with Crippen molar-refractivity contribution >= 4 is 26.2 Å². The third-order valence-corrected chi connectivity index (χ3v) is 11.3. The molecule has 0 saturated heterocycles. The molecule has 0 atom stereocenters. The second-order valence-corrected chi connectivity index (χ2v) is 13.4. The zero-order valence-corrected chi connectivity index (χ0v) is 20.3. The molecule has 0 spiro atoms. The van der Waals surface area contributed by atoms with E-state index >= 15 is 0 Å². The van der Waals surface area contributed by atoms with Gasteiger partial charge < -0.3 is 0 Å². The van der Waals surface area contributed by atoms with E-state index in [1.165, 1.54) is 0 Å². The number of carbonyl (C=O) groups excluding carboxylic acids is 1. The SMILES string of the molecule is CCCCS(CCCC)(CC(=O)C1CCCC1)OS(=O)(=O)C(F)(F)C(F)(F)C(F)(F)C(F)(F)F. The van der Waals surface area contributed by atoms with Crippen molar-refractivity contribution < 1.29 is 56.4 Å². The van der Waals surface area contributed by atoms with E-state index in [4.69, 9.17) is 0 Å². The Balaban J connectivity index is 3.47. The lowest BCUT2D eigenvalue weighted by atomic mass is 10.0. The molecule has 0 radical (unpaired) electrons. The lowest BCUT2D eigenvalue weighted by Crippen LogP contribution is -2.63. The molecule has 0 amide bonds. The number of alkyl halides is 9. The number of hydrogen-bond donors (Lipinski definition) is 0. The molecule has 0 aliphatic heterocycles. The Hall–Kier alpha value is -0.700. The van der Waals surface area contributed by atoms with Crippen molar-refractivity contribution in [2.75, 3.05) is 17.3 Å². The molecule has 1 aliphatic rings. The highest BCUT2D eigenvalue weighted by atomic mass is 32.3. The van der Waals surface area contributed by atoms with Crippen LogP contribution in [0.3, 0.4) is 0 Å². The van der Waals surface area contributed by atoms with E-state index in [2.05, 4.69) is 3.63 Å². The van der Waals surface area contributed by atoms with E-state index in [1.807, 2.05) is 0 Å². The quantitative estimate of drug-likeness (QED) is 0.220. The van der Waals surface area contributed by atoms with Crippen LogP contribution in [0, 0.1) is 5.92 Å². The van der Waals surface area contributed by atoms with Crippen molar-refractivity contribution in [3.63, 3.8) is 0 Å². The summed E-state index contributed by atoms with van der Waals surface area (Å²) in [5.41, 5.74) is 0. The van der Waals surface area contributed by atoms with Crippen LogP contribution in [0.4, 0.5) is 39.5 Å². The summed E-state index contributed by atoms with van der Waals surface area (Å²) in [7, 11) is -10.4. The normalized spacial score (nSPS) is 17.9. The predicted molar refractivity (Wildman–Crippen MR) is 110 cm³/mol. The van der Waals surface area contributed by atoms with Gasteiger partial charge >= 0.3 is 33.4 Å². The molecule has 1 rings (SSSR count). The van der Waals surface area contributed by atoms with Gasteiger partial charge in [0.2, 0.25) is 0 Å². The summed E-state index contributed by atoms with van der Waals surface area (Å²) < 4.78 is 149. The van der Waals surface area contributed by atoms with Crippen LogP contribution in [0.1, 0.15) is 65.2 Å². The van der Waals surface area contributed by atoms with E-state index < -0.39 is 61.2 Å². The van der Waals surface area contributed by atoms with Gasteiger partial charge in [-0.05, 0) is 25.7 Å². The topological polar surface area (TPSA) is 60.4 Å². The molecule has 204 valence electrons. The highest BCUT2D eigenvalue weighted by Crippen LogP contribution is 2.59. The largest absolute Gasteiger partial charge is 0.460 e. The Kier molecular flexibility index (Phi) is 10.3.